The first-order chi connectivity index (χ1) is 17.9. The van der Waals surface area contributed by atoms with E-state index >= 15 is 0 Å². The van der Waals surface area contributed by atoms with Crippen molar-refractivity contribution in [3.05, 3.63) is 83.2 Å². The van der Waals surface area contributed by atoms with E-state index in [4.69, 9.17) is 9.47 Å². The fraction of sp³-hybridized carbons (Fsp3) is 0.419. The lowest BCUT2D eigenvalue weighted by Gasteiger charge is -2.32. The summed E-state index contributed by atoms with van der Waals surface area (Å²) < 4.78 is 54.8. The van der Waals surface area contributed by atoms with E-state index in [-0.39, 0.29) is 36.0 Å². The van der Waals surface area contributed by atoms with Gasteiger partial charge in [-0.25, -0.2) is 8.78 Å². The second-order valence-electron chi connectivity index (χ2n) is 9.81. The Balaban J connectivity index is 1.36. The van der Waals surface area contributed by atoms with Gasteiger partial charge in [0, 0.05) is 0 Å². The molecule has 0 bridgehead atoms. The summed E-state index contributed by atoms with van der Waals surface area (Å²) in [6.45, 7) is 4.32. The van der Waals surface area contributed by atoms with Crippen LogP contribution in [0.5, 0.6) is 11.5 Å². The van der Waals surface area contributed by atoms with Crippen LogP contribution in [0.4, 0.5) is 13.2 Å². The van der Waals surface area contributed by atoms with Gasteiger partial charge in [-0.05, 0) is 91.3 Å². The summed E-state index contributed by atoms with van der Waals surface area (Å²) >= 11 is 0. The highest BCUT2D eigenvalue weighted by Gasteiger charge is 2.29. The summed E-state index contributed by atoms with van der Waals surface area (Å²) in [7, 11) is 0. The number of hydrogen-bond acceptors (Lipinski definition) is 3. The quantitative estimate of drug-likeness (QED) is 0.298. The zero-order chi connectivity index (χ0) is 26.4. The van der Waals surface area contributed by atoms with Crippen molar-refractivity contribution in [2.45, 2.75) is 71.0 Å². The molecule has 1 atom stereocenters. The number of hydrogen-bond donors (Lipinski definition) is 1. The molecule has 6 heteroatoms. The van der Waals surface area contributed by atoms with Crippen LogP contribution in [0, 0.1) is 23.4 Å². The largest absolute Gasteiger partial charge is 0.491 e. The molecule has 4 rings (SSSR count). The van der Waals surface area contributed by atoms with E-state index in [0.29, 0.717) is 17.7 Å². The Morgan fingerprint density at radius 3 is 2.14 bits per heavy atom. The standard InChI is InChI=1S/C31H35F3O3/c1-3-5-27(35)23-12-10-22(11-13-23)25-15-17-29(31(34)30(25)33)37-19-20-6-8-21(9-7-20)24-14-16-28(36-4-2)26(32)18-24/h6-9,14-18,22-23,27,35H,3-5,10-13,19H2,1-2H3. The number of rotatable bonds is 10. The van der Waals surface area contributed by atoms with E-state index in [9.17, 15) is 18.3 Å². The van der Waals surface area contributed by atoms with Crippen LogP contribution in [0.1, 0.15) is 69.4 Å². The van der Waals surface area contributed by atoms with Crippen LogP contribution in [0.2, 0.25) is 0 Å². The van der Waals surface area contributed by atoms with Gasteiger partial charge < -0.3 is 14.6 Å². The monoisotopic (exact) mass is 512 g/mol. The van der Waals surface area contributed by atoms with Gasteiger partial charge in [0.05, 0.1) is 12.7 Å². The second kappa shape index (κ2) is 12.5. The summed E-state index contributed by atoms with van der Waals surface area (Å²) in [4.78, 5) is 0. The lowest BCUT2D eigenvalue weighted by atomic mass is 9.76. The zero-order valence-corrected chi connectivity index (χ0v) is 21.5. The molecule has 1 aliphatic carbocycles. The number of halogens is 3. The average Bonchev–Trinajstić information content (AvgIpc) is 2.91. The molecule has 3 aromatic rings. The highest BCUT2D eigenvalue weighted by atomic mass is 19.2. The molecule has 0 amide bonds. The van der Waals surface area contributed by atoms with Gasteiger partial charge in [-0.1, -0.05) is 49.7 Å². The van der Waals surface area contributed by atoms with Crippen LogP contribution in [-0.2, 0) is 6.61 Å². The Labute approximate surface area is 217 Å². The van der Waals surface area contributed by atoms with Crippen LogP contribution in [0.3, 0.4) is 0 Å². The molecule has 0 heterocycles. The molecule has 0 aromatic heterocycles. The van der Waals surface area contributed by atoms with Gasteiger partial charge in [-0.2, -0.15) is 4.39 Å². The zero-order valence-electron chi connectivity index (χ0n) is 21.5. The van der Waals surface area contributed by atoms with Gasteiger partial charge >= 0.3 is 0 Å². The van der Waals surface area contributed by atoms with E-state index < -0.39 is 17.5 Å². The van der Waals surface area contributed by atoms with Crippen molar-refractivity contribution in [1.82, 2.24) is 0 Å². The molecule has 1 fully saturated rings. The summed E-state index contributed by atoms with van der Waals surface area (Å²) in [6, 6.07) is 15.3. The first-order valence-electron chi connectivity index (χ1n) is 13.2. The maximum atomic E-state index is 15.0. The minimum atomic E-state index is -0.966. The third kappa shape index (κ3) is 6.48. The van der Waals surface area contributed by atoms with Crippen molar-refractivity contribution < 1.29 is 27.8 Å². The van der Waals surface area contributed by atoms with Crippen molar-refractivity contribution in [3.8, 4) is 22.6 Å². The van der Waals surface area contributed by atoms with Crippen molar-refractivity contribution in [2.75, 3.05) is 6.61 Å². The number of aliphatic hydroxyl groups excluding tert-OH is 1. The lowest BCUT2D eigenvalue weighted by molar-refractivity contribution is 0.0727. The molecule has 0 radical (unpaired) electrons. The molecular weight excluding hydrogens is 477 g/mol. The maximum Gasteiger partial charge on any atom is 0.200 e. The molecule has 0 saturated heterocycles. The molecule has 0 spiro atoms. The summed E-state index contributed by atoms with van der Waals surface area (Å²) in [5.74, 6) is -1.94. The molecule has 1 aliphatic rings. The minimum Gasteiger partial charge on any atom is -0.491 e. The smallest absolute Gasteiger partial charge is 0.200 e. The third-order valence-corrected chi connectivity index (χ3v) is 7.33. The Morgan fingerprint density at radius 1 is 0.811 bits per heavy atom. The summed E-state index contributed by atoms with van der Waals surface area (Å²) in [6.07, 6.45) is 4.55. The van der Waals surface area contributed by atoms with Gasteiger partial charge in [0.1, 0.15) is 6.61 Å². The molecule has 1 N–H and O–H groups in total. The number of aliphatic hydroxyl groups is 1. The third-order valence-electron chi connectivity index (χ3n) is 7.33. The van der Waals surface area contributed by atoms with E-state index in [2.05, 4.69) is 6.92 Å². The van der Waals surface area contributed by atoms with E-state index in [1.54, 1.807) is 25.1 Å². The molecular formula is C31H35F3O3. The average molecular weight is 513 g/mol. The second-order valence-corrected chi connectivity index (χ2v) is 9.81. The van der Waals surface area contributed by atoms with Gasteiger partial charge in [0.15, 0.2) is 23.1 Å². The van der Waals surface area contributed by atoms with E-state index in [1.807, 2.05) is 24.3 Å². The van der Waals surface area contributed by atoms with Gasteiger partial charge in [0.2, 0.25) is 5.82 Å². The normalized spacial score (nSPS) is 18.4. The fourth-order valence-electron chi connectivity index (χ4n) is 5.23. The van der Waals surface area contributed by atoms with Crippen molar-refractivity contribution >= 4 is 0 Å². The Morgan fingerprint density at radius 2 is 1.49 bits per heavy atom. The molecule has 37 heavy (non-hydrogen) atoms. The predicted octanol–water partition coefficient (Wildman–Crippen LogP) is 8.18. The molecule has 3 nitrogen and oxygen atoms in total. The summed E-state index contributed by atoms with van der Waals surface area (Å²) in [5, 5.41) is 10.3. The Bertz CT molecular complexity index is 1170. The van der Waals surface area contributed by atoms with Crippen molar-refractivity contribution in [1.29, 1.82) is 0 Å². The number of benzene rings is 3. The highest BCUT2D eigenvalue weighted by Crippen LogP contribution is 2.40. The minimum absolute atomic E-state index is 0.0476. The highest BCUT2D eigenvalue weighted by molar-refractivity contribution is 5.64. The van der Waals surface area contributed by atoms with Gasteiger partial charge in [0.25, 0.3) is 0 Å². The summed E-state index contributed by atoms with van der Waals surface area (Å²) in [5.41, 5.74) is 2.71. The van der Waals surface area contributed by atoms with Crippen molar-refractivity contribution in [2.24, 2.45) is 5.92 Å². The Hall–Kier alpha value is -2.99. The molecule has 3 aromatic carbocycles. The van der Waals surface area contributed by atoms with Crippen LogP contribution in [0.25, 0.3) is 11.1 Å². The predicted molar refractivity (Wildman–Crippen MR) is 139 cm³/mol. The van der Waals surface area contributed by atoms with Gasteiger partial charge in [-0.3, -0.25) is 0 Å². The Kier molecular flexibility index (Phi) is 9.14. The molecule has 0 aliphatic heterocycles. The molecule has 1 saturated carbocycles. The van der Waals surface area contributed by atoms with Crippen LogP contribution < -0.4 is 9.47 Å². The van der Waals surface area contributed by atoms with Crippen LogP contribution in [-0.4, -0.2) is 17.8 Å². The first-order valence-corrected chi connectivity index (χ1v) is 13.2. The maximum absolute atomic E-state index is 15.0. The van der Waals surface area contributed by atoms with Crippen molar-refractivity contribution in [3.63, 3.8) is 0 Å². The topological polar surface area (TPSA) is 38.7 Å². The van der Waals surface area contributed by atoms with Crippen LogP contribution in [0.15, 0.2) is 54.6 Å². The van der Waals surface area contributed by atoms with E-state index in [1.165, 1.54) is 12.1 Å². The first kappa shape index (κ1) is 27.1. The SMILES string of the molecule is CCCC(O)C1CCC(c2ccc(OCc3ccc(-c4ccc(OCC)c(F)c4)cc3)c(F)c2F)CC1. The lowest BCUT2D eigenvalue weighted by Crippen LogP contribution is -2.25. The van der Waals surface area contributed by atoms with E-state index in [0.717, 1.165) is 49.7 Å². The molecule has 1 unspecified atom stereocenters. The fourth-order valence-corrected chi connectivity index (χ4v) is 5.23. The molecule has 198 valence electrons. The number of ether oxygens (including phenoxy) is 2. The van der Waals surface area contributed by atoms with Crippen LogP contribution >= 0.6 is 0 Å². The van der Waals surface area contributed by atoms with Gasteiger partial charge in [-0.15, -0.1) is 0 Å².